The van der Waals surface area contributed by atoms with Crippen LogP contribution in [0.3, 0.4) is 0 Å². The Labute approximate surface area is 97.0 Å². The second kappa shape index (κ2) is 4.81. The smallest absolute Gasteiger partial charge is 0.259 e. The standard InChI is InChI=1S/C11H7N5O/c12-6-9-3-2-8(7-15-9)10(17)16-11-13-4-1-5-14-11/h1-5,7H,(H,13,14,16,17). The number of carbonyl (C=O) groups is 1. The summed E-state index contributed by atoms with van der Waals surface area (Å²) in [6, 6.07) is 6.52. The molecule has 0 fully saturated rings. The molecule has 6 heteroatoms. The zero-order chi connectivity index (χ0) is 12.1. The van der Waals surface area contributed by atoms with E-state index in [0.29, 0.717) is 5.56 Å². The molecule has 17 heavy (non-hydrogen) atoms. The van der Waals surface area contributed by atoms with E-state index in [1.165, 1.54) is 30.7 Å². The minimum atomic E-state index is -0.367. The van der Waals surface area contributed by atoms with Crippen LogP contribution in [0.2, 0.25) is 0 Å². The summed E-state index contributed by atoms with van der Waals surface area (Å²) in [5.41, 5.74) is 0.606. The zero-order valence-electron chi connectivity index (χ0n) is 8.66. The van der Waals surface area contributed by atoms with Crippen LogP contribution < -0.4 is 5.32 Å². The van der Waals surface area contributed by atoms with Crippen LogP contribution in [-0.4, -0.2) is 20.9 Å². The molecule has 82 valence electrons. The Balaban J connectivity index is 2.13. The first-order valence-electron chi connectivity index (χ1n) is 4.74. The molecule has 2 heterocycles. The highest BCUT2D eigenvalue weighted by Gasteiger charge is 2.07. The molecule has 1 N–H and O–H groups in total. The molecule has 0 saturated heterocycles. The normalized spacial score (nSPS) is 9.35. The van der Waals surface area contributed by atoms with Crippen LogP contribution in [0, 0.1) is 11.3 Å². The third kappa shape index (κ3) is 2.60. The molecule has 0 aliphatic rings. The Kier molecular flexibility index (Phi) is 3.03. The van der Waals surface area contributed by atoms with Gasteiger partial charge in [-0.05, 0) is 18.2 Å². The van der Waals surface area contributed by atoms with Gasteiger partial charge in [-0.3, -0.25) is 10.1 Å². The molecule has 2 rings (SSSR count). The van der Waals surface area contributed by atoms with Crippen LogP contribution in [0.4, 0.5) is 5.95 Å². The van der Waals surface area contributed by atoms with E-state index in [1.807, 2.05) is 6.07 Å². The van der Waals surface area contributed by atoms with Crippen molar-refractivity contribution in [3.63, 3.8) is 0 Å². The maximum Gasteiger partial charge on any atom is 0.259 e. The number of amides is 1. The van der Waals surface area contributed by atoms with Crippen molar-refractivity contribution in [1.29, 1.82) is 5.26 Å². The maximum atomic E-state index is 11.7. The summed E-state index contributed by atoms with van der Waals surface area (Å²) in [6.45, 7) is 0. The van der Waals surface area contributed by atoms with Gasteiger partial charge in [0.15, 0.2) is 0 Å². The Hall–Kier alpha value is -2.81. The van der Waals surface area contributed by atoms with E-state index >= 15 is 0 Å². The van der Waals surface area contributed by atoms with Crippen molar-refractivity contribution in [2.45, 2.75) is 0 Å². The van der Waals surface area contributed by atoms with E-state index in [-0.39, 0.29) is 17.5 Å². The zero-order valence-corrected chi connectivity index (χ0v) is 8.66. The fourth-order valence-corrected chi connectivity index (χ4v) is 1.13. The molecule has 0 aliphatic heterocycles. The van der Waals surface area contributed by atoms with E-state index in [9.17, 15) is 4.79 Å². The second-order valence-electron chi connectivity index (χ2n) is 3.07. The Morgan fingerprint density at radius 3 is 2.59 bits per heavy atom. The SMILES string of the molecule is N#Cc1ccc(C(=O)Nc2ncccn2)cn1. The Morgan fingerprint density at radius 1 is 1.24 bits per heavy atom. The number of carbonyl (C=O) groups excluding carboxylic acids is 1. The van der Waals surface area contributed by atoms with Gasteiger partial charge in [-0.15, -0.1) is 0 Å². The first kappa shape index (κ1) is 10.7. The van der Waals surface area contributed by atoms with E-state index in [1.54, 1.807) is 6.07 Å². The number of aromatic nitrogens is 3. The third-order valence-electron chi connectivity index (χ3n) is 1.93. The van der Waals surface area contributed by atoms with Crippen molar-refractivity contribution in [3.8, 4) is 6.07 Å². The lowest BCUT2D eigenvalue weighted by atomic mass is 10.2. The summed E-state index contributed by atoms with van der Waals surface area (Å²) in [5.74, 6) is -0.143. The lowest BCUT2D eigenvalue weighted by Crippen LogP contribution is -2.14. The van der Waals surface area contributed by atoms with E-state index in [4.69, 9.17) is 5.26 Å². The van der Waals surface area contributed by atoms with Crippen LogP contribution in [0.5, 0.6) is 0 Å². The fraction of sp³-hybridized carbons (Fsp3) is 0. The van der Waals surface area contributed by atoms with Crippen LogP contribution in [0.15, 0.2) is 36.8 Å². The maximum absolute atomic E-state index is 11.7. The summed E-state index contributed by atoms with van der Waals surface area (Å²) in [5, 5.41) is 11.1. The summed E-state index contributed by atoms with van der Waals surface area (Å²) in [7, 11) is 0. The van der Waals surface area contributed by atoms with Crippen molar-refractivity contribution in [1.82, 2.24) is 15.0 Å². The molecule has 2 aromatic rings. The highest BCUT2D eigenvalue weighted by Crippen LogP contribution is 2.03. The number of nitrogens with one attached hydrogen (secondary N) is 1. The molecule has 0 unspecified atom stereocenters. The van der Waals surface area contributed by atoms with Gasteiger partial charge in [0.25, 0.3) is 5.91 Å². The highest BCUT2D eigenvalue weighted by atomic mass is 16.1. The van der Waals surface area contributed by atoms with E-state index in [0.717, 1.165) is 0 Å². The van der Waals surface area contributed by atoms with Gasteiger partial charge < -0.3 is 0 Å². The minimum absolute atomic E-state index is 0.224. The van der Waals surface area contributed by atoms with Crippen molar-refractivity contribution >= 4 is 11.9 Å². The Bertz CT molecular complexity index is 559. The van der Waals surface area contributed by atoms with Crippen molar-refractivity contribution < 1.29 is 4.79 Å². The van der Waals surface area contributed by atoms with Crippen LogP contribution >= 0.6 is 0 Å². The lowest BCUT2D eigenvalue weighted by Gasteiger charge is -2.02. The largest absolute Gasteiger partial charge is 0.290 e. The molecular formula is C11H7N5O. The number of rotatable bonds is 2. The van der Waals surface area contributed by atoms with E-state index in [2.05, 4.69) is 20.3 Å². The predicted octanol–water partition coefficient (Wildman–Crippen LogP) is 0.996. The number of anilines is 1. The molecule has 0 atom stereocenters. The van der Waals surface area contributed by atoms with Crippen LogP contribution in [-0.2, 0) is 0 Å². The van der Waals surface area contributed by atoms with Crippen LogP contribution in [0.25, 0.3) is 0 Å². The fourth-order valence-electron chi connectivity index (χ4n) is 1.13. The van der Waals surface area contributed by atoms with Crippen molar-refractivity contribution in [2.75, 3.05) is 5.32 Å². The molecule has 0 radical (unpaired) electrons. The van der Waals surface area contributed by atoms with Crippen LogP contribution in [0.1, 0.15) is 16.1 Å². The van der Waals surface area contributed by atoms with E-state index < -0.39 is 0 Å². The molecule has 6 nitrogen and oxygen atoms in total. The number of nitrogens with zero attached hydrogens (tertiary/aromatic N) is 4. The molecule has 0 aliphatic carbocycles. The van der Waals surface area contributed by atoms with Gasteiger partial charge in [0.2, 0.25) is 5.95 Å². The first-order chi connectivity index (χ1) is 8.29. The molecule has 0 bridgehead atoms. The average molecular weight is 225 g/mol. The summed E-state index contributed by atoms with van der Waals surface area (Å²) in [4.78, 5) is 23.2. The molecule has 2 aromatic heterocycles. The molecule has 0 saturated carbocycles. The van der Waals surface area contributed by atoms with Gasteiger partial charge in [0, 0.05) is 18.6 Å². The van der Waals surface area contributed by atoms with Crippen molar-refractivity contribution in [3.05, 3.63) is 48.0 Å². The number of nitriles is 1. The highest BCUT2D eigenvalue weighted by molar-refractivity contribution is 6.03. The van der Waals surface area contributed by atoms with Gasteiger partial charge in [0.1, 0.15) is 11.8 Å². The second-order valence-corrected chi connectivity index (χ2v) is 3.07. The molecule has 1 amide bonds. The predicted molar refractivity (Wildman–Crippen MR) is 58.9 cm³/mol. The Morgan fingerprint density at radius 2 is 2.00 bits per heavy atom. The topological polar surface area (TPSA) is 91.6 Å². The summed E-state index contributed by atoms with van der Waals surface area (Å²) >= 11 is 0. The number of hydrogen-bond acceptors (Lipinski definition) is 5. The van der Waals surface area contributed by atoms with Gasteiger partial charge >= 0.3 is 0 Å². The monoisotopic (exact) mass is 225 g/mol. The quantitative estimate of drug-likeness (QED) is 0.822. The minimum Gasteiger partial charge on any atom is -0.290 e. The van der Waals surface area contributed by atoms with Gasteiger partial charge in [0.05, 0.1) is 5.56 Å². The van der Waals surface area contributed by atoms with Crippen molar-refractivity contribution in [2.24, 2.45) is 0 Å². The number of hydrogen-bond donors (Lipinski definition) is 1. The molecule has 0 spiro atoms. The van der Waals surface area contributed by atoms with Gasteiger partial charge in [-0.1, -0.05) is 0 Å². The van der Waals surface area contributed by atoms with Gasteiger partial charge in [-0.2, -0.15) is 5.26 Å². The average Bonchev–Trinajstić information content (AvgIpc) is 2.40. The summed E-state index contributed by atoms with van der Waals surface area (Å²) in [6.07, 6.45) is 4.39. The molecular weight excluding hydrogens is 218 g/mol. The molecule has 0 aromatic carbocycles. The number of pyridine rings is 1. The lowest BCUT2D eigenvalue weighted by molar-refractivity contribution is 0.102. The first-order valence-corrected chi connectivity index (χ1v) is 4.74. The third-order valence-corrected chi connectivity index (χ3v) is 1.93. The van der Waals surface area contributed by atoms with Gasteiger partial charge in [-0.25, -0.2) is 15.0 Å². The summed E-state index contributed by atoms with van der Waals surface area (Å²) < 4.78 is 0.